The fourth-order valence-corrected chi connectivity index (χ4v) is 2.71. The third kappa shape index (κ3) is 3.73. The normalized spacial score (nSPS) is 10.2. The quantitative estimate of drug-likeness (QED) is 0.637. The van der Waals surface area contributed by atoms with E-state index in [9.17, 15) is 19.5 Å². The first-order chi connectivity index (χ1) is 12.6. The van der Waals surface area contributed by atoms with Crippen LogP contribution in [0.4, 0.5) is 10.8 Å². The molecule has 0 aliphatic carbocycles. The number of carbonyl (C=O) groups excluding carboxylic acids is 2. The van der Waals surface area contributed by atoms with Gasteiger partial charge in [0.1, 0.15) is 0 Å². The maximum absolute atomic E-state index is 12.5. The zero-order chi connectivity index (χ0) is 18.5. The van der Waals surface area contributed by atoms with Crippen molar-refractivity contribution in [1.29, 1.82) is 0 Å². The summed E-state index contributed by atoms with van der Waals surface area (Å²) >= 11 is 1.24. The summed E-state index contributed by atoms with van der Waals surface area (Å²) in [6.07, 6.45) is 2.96. The summed E-state index contributed by atoms with van der Waals surface area (Å²) < 4.78 is 0. The van der Waals surface area contributed by atoms with Crippen LogP contribution in [0.25, 0.3) is 0 Å². The van der Waals surface area contributed by atoms with Gasteiger partial charge in [0.2, 0.25) is 0 Å². The number of carboxylic acid groups (broad SMARTS) is 1. The van der Waals surface area contributed by atoms with Crippen LogP contribution in [0.3, 0.4) is 0 Å². The van der Waals surface area contributed by atoms with Crippen LogP contribution in [0.2, 0.25) is 0 Å². The van der Waals surface area contributed by atoms with Crippen LogP contribution in [0, 0.1) is 0 Å². The van der Waals surface area contributed by atoms with Gasteiger partial charge in [0.25, 0.3) is 11.8 Å². The number of hydrogen-bond donors (Lipinski definition) is 3. The highest BCUT2D eigenvalue weighted by Crippen LogP contribution is 2.18. The monoisotopic (exact) mass is 368 g/mol. The lowest BCUT2D eigenvalue weighted by Gasteiger charge is -2.11. The zero-order valence-electron chi connectivity index (χ0n) is 13.2. The lowest BCUT2D eigenvalue weighted by molar-refractivity contribution is 0.0692. The van der Waals surface area contributed by atoms with Gasteiger partial charge < -0.3 is 10.4 Å². The third-order valence-corrected chi connectivity index (χ3v) is 4.01. The molecule has 130 valence electrons. The molecule has 0 radical (unpaired) electrons. The number of pyridine rings is 1. The van der Waals surface area contributed by atoms with E-state index < -0.39 is 17.8 Å². The van der Waals surface area contributed by atoms with Gasteiger partial charge in [-0.05, 0) is 24.3 Å². The molecule has 2 amide bonds. The summed E-state index contributed by atoms with van der Waals surface area (Å²) in [5, 5.41) is 16.4. The summed E-state index contributed by atoms with van der Waals surface area (Å²) in [5.74, 6) is -2.41. The van der Waals surface area contributed by atoms with Crippen molar-refractivity contribution in [2.75, 3.05) is 10.6 Å². The van der Waals surface area contributed by atoms with Gasteiger partial charge in [-0.15, -0.1) is 11.3 Å². The fraction of sp³-hybridized carbons (Fsp3) is 0. The van der Waals surface area contributed by atoms with Crippen molar-refractivity contribution in [2.24, 2.45) is 0 Å². The smallest absolute Gasteiger partial charge is 0.336 e. The largest absolute Gasteiger partial charge is 0.478 e. The minimum atomic E-state index is -1.22. The molecule has 9 heteroatoms. The number of thiazole rings is 1. The van der Waals surface area contributed by atoms with E-state index in [4.69, 9.17) is 0 Å². The van der Waals surface area contributed by atoms with Crippen LogP contribution >= 0.6 is 11.3 Å². The van der Waals surface area contributed by atoms with E-state index in [1.807, 2.05) is 0 Å². The van der Waals surface area contributed by atoms with Crippen molar-refractivity contribution in [3.8, 4) is 0 Å². The van der Waals surface area contributed by atoms with Gasteiger partial charge in [-0.25, -0.2) is 14.8 Å². The first kappa shape index (κ1) is 17.2. The first-order valence-electron chi connectivity index (χ1n) is 7.36. The second-order valence-corrected chi connectivity index (χ2v) is 5.89. The Hall–Kier alpha value is -3.59. The fourth-order valence-electron chi connectivity index (χ4n) is 2.19. The minimum absolute atomic E-state index is 0.0103. The van der Waals surface area contributed by atoms with Crippen LogP contribution in [0.15, 0.2) is 54.2 Å². The van der Waals surface area contributed by atoms with Crippen LogP contribution < -0.4 is 10.6 Å². The molecule has 2 heterocycles. The second-order valence-electron chi connectivity index (χ2n) is 5.00. The number of carbonyl (C=O) groups is 3. The summed E-state index contributed by atoms with van der Waals surface area (Å²) in [6.45, 7) is 0. The SMILES string of the molecule is O=C(O)c1ccccc1C(=O)Nc1cccnc1C(=O)Nc1nccs1. The number of amides is 2. The van der Waals surface area contributed by atoms with Crippen molar-refractivity contribution >= 4 is 39.9 Å². The van der Waals surface area contributed by atoms with Gasteiger partial charge >= 0.3 is 5.97 Å². The van der Waals surface area contributed by atoms with Crippen molar-refractivity contribution in [2.45, 2.75) is 0 Å². The topological polar surface area (TPSA) is 121 Å². The molecule has 8 nitrogen and oxygen atoms in total. The van der Waals surface area contributed by atoms with Gasteiger partial charge in [-0.2, -0.15) is 0 Å². The van der Waals surface area contributed by atoms with Crippen LogP contribution in [-0.4, -0.2) is 32.9 Å². The molecule has 1 aromatic carbocycles. The Balaban J connectivity index is 1.86. The van der Waals surface area contributed by atoms with Gasteiger partial charge in [0.05, 0.1) is 16.8 Å². The van der Waals surface area contributed by atoms with Crippen molar-refractivity contribution in [3.05, 3.63) is 71.0 Å². The van der Waals surface area contributed by atoms with Crippen LogP contribution in [-0.2, 0) is 0 Å². The molecule has 2 aromatic heterocycles. The molecule has 0 bridgehead atoms. The molecule has 3 N–H and O–H groups in total. The standard InChI is InChI=1S/C17H12N4O4S/c22-14(10-4-1-2-5-11(10)16(24)25)20-12-6-3-7-18-13(12)15(23)21-17-19-8-9-26-17/h1-9H,(H,20,22)(H,24,25)(H,19,21,23). The average Bonchev–Trinajstić information content (AvgIpc) is 3.15. The molecule has 0 aliphatic rings. The highest BCUT2D eigenvalue weighted by atomic mass is 32.1. The van der Waals surface area contributed by atoms with E-state index in [2.05, 4.69) is 20.6 Å². The van der Waals surface area contributed by atoms with E-state index in [1.54, 1.807) is 23.7 Å². The maximum Gasteiger partial charge on any atom is 0.336 e. The Morgan fingerprint density at radius 3 is 2.35 bits per heavy atom. The van der Waals surface area contributed by atoms with E-state index in [0.717, 1.165) is 0 Å². The molecule has 3 rings (SSSR count). The third-order valence-electron chi connectivity index (χ3n) is 3.33. The average molecular weight is 368 g/mol. The van der Waals surface area contributed by atoms with E-state index in [-0.39, 0.29) is 22.5 Å². The number of rotatable bonds is 5. The number of benzene rings is 1. The molecule has 0 spiro atoms. The van der Waals surface area contributed by atoms with E-state index in [1.165, 1.54) is 41.8 Å². The number of nitrogens with one attached hydrogen (secondary N) is 2. The summed E-state index contributed by atoms with van der Waals surface area (Å²) in [7, 11) is 0. The molecular formula is C17H12N4O4S. The summed E-state index contributed by atoms with van der Waals surface area (Å²) in [4.78, 5) is 44.1. The summed E-state index contributed by atoms with van der Waals surface area (Å²) in [5.41, 5.74) is -0.00610. The lowest BCUT2D eigenvalue weighted by Crippen LogP contribution is -2.21. The molecule has 3 aromatic rings. The van der Waals surface area contributed by atoms with Crippen molar-refractivity contribution in [3.63, 3.8) is 0 Å². The molecule has 0 fully saturated rings. The molecule has 0 aliphatic heterocycles. The predicted octanol–water partition coefficient (Wildman–Crippen LogP) is 2.74. The number of aromatic nitrogens is 2. The molecule has 26 heavy (non-hydrogen) atoms. The highest BCUT2D eigenvalue weighted by Gasteiger charge is 2.19. The number of nitrogens with zero attached hydrogens (tertiary/aromatic N) is 2. The Bertz CT molecular complexity index is 972. The van der Waals surface area contributed by atoms with E-state index >= 15 is 0 Å². The van der Waals surface area contributed by atoms with Crippen LogP contribution in [0.5, 0.6) is 0 Å². The molecule has 0 atom stereocenters. The van der Waals surface area contributed by atoms with Gasteiger partial charge in [0, 0.05) is 17.8 Å². The van der Waals surface area contributed by atoms with Gasteiger partial charge in [-0.3, -0.25) is 14.9 Å². The highest BCUT2D eigenvalue weighted by molar-refractivity contribution is 7.13. The summed E-state index contributed by atoms with van der Waals surface area (Å²) in [6, 6.07) is 8.86. The van der Waals surface area contributed by atoms with Crippen molar-refractivity contribution < 1.29 is 19.5 Å². The minimum Gasteiger partial charge on any atom is -0.478 e. The first-order valence-corrected chi connectivity index (χ1v) is 8.24. The number of hydrogen-bond acceptors (Lipinski definition) is 6. The predicted molar refractivity (Wildman–Crippen MR) is 95.7 cm³/mol. The van der Waals surface area contributed by atoms with Gasteiger partial charge in [0.15, 0.2) is 10.8 Å². The van der Waals surface area contributed by atoms with E-state index in [0.29, 0.717) is 5.13 Å². The Morgan fingerprint density at radius 2 is 1.65 bits per heavy atom. The Labute approximate surface area is 151 Å². The number of aromatic carboxylic acids is 1. The van der Waals surface area contributed by atoms with Gasteiger partial charge in [-0.1, -0.05) is 12.1 Å². The Kier molecular flexibility index (Phi) is 4.99. The zero-order valence-corrected chi connectivity index (χ0v) is 14.0. The van der Waals surface area contributed by atoms with Crippen LogP contribution in [0.1, 0.15) is 31.2 Å². The number of anilines is 2. The lowest BCUT2D eigenvalue weighted by atomic mass is 10.1. The Morgan fingerprint density at radius 1 is 0.885 bits per heavy atom. The second kappa shape index (κ2) is 7.53. The molecular weight excluding hydrogens is 356 g/mol. The molecule has 0 unspecified atom stereocenters. The molecule has 0 saturated carbocycles. The van der Waals surface area contributed by atoms with Crippen molar-refractivity contribution in [1.82, 2.24) is 9.97 Å². The number of carboxylic acids is 1. The maximum atomic E-state index is 12.5. The molecule has 0 saturated heterocycles.